The molecule has 4 aromatic heterocycles. The highest BCUT2D eigenvalue weighted by molar-refractivity contribution is 7.25. The second-order valence-corrected chi connectivity index (χ2v) is 14.8. The van der Waals surface area contributed by atoms with Crippen LogP contribution in [0, 0.1) is 0 Å². The van der Waals surface area contributed by atoms with E-state index in [4.69, 9.17) is 0 Å². The number of hydrogen-bond donors (Lipinski definition) is 0. The van der Waals surface area contributed by atoms with E-state index >= 15 is 0 Å². The zero-order valence-corrected chi connectivity index (χ0v) is 28.3. The Kier molecular flexibility index (Phi) is 5.41. The summed E-state index contributed by atoms with van der Waals surface area (Å²) in [6.07, 6.45) is 0. The van der Waals surface area contributed by atoms with Gasteiger partial charge in [0.2, 0.25) is 0 Å². The molecule has 12 rings (SSSR count). The summed E-state index contributed by atoms with van der Waals surface area (Å²) < 4.78 is 7.53. The Labute approximate surface area is 297 Å². The lowest BCUT2D eigenvalue weighted by Crippen LogP contribution is -1.93. The molecule has 0 spiro atoms. The topological polar surface area (TPSA) is 9.34 Å². The van der Waals surface area contributed by atoms with Crippen LogP contribution >= 0.6 is 11.3 Å². The maximum atomic E-state index is 2.44. The fraction of sp³-hybridized carbons (Fsp3) is 0. The minimum Gasteiger partial charge on any atom is -0.309 e. The van der Waals surface area contributed by atoms with Crippen LogP contribution in [-0.2, 0) is 0 Å². The summed E-state index contributed by atoms with van der Waals surface area (Å²) in [5.74, 6) is 0. The van der Waals surface area contributed by atoms with Crippen molar-refractivity contribution in [2.75, 3.05) is 0 Å². The molecule has 0 aliphatic heterocycles. The first-order valence-corrected chi connectivity index (χ1v) is 18.3. The van der Waals surface area contributed by atoms with Crippen molar-refractivity contribution in [1.82, 2.24) is 8.97 Å². The van der Waals surface area contributed by atoms with Gasteiger partial charge in [-0.1, -0.05) is 97.1 Å². The van der Waals surface area contributed by atoms with E-state index in [1.54, 1.807) is 0 Å². The predicted molar refractivity (Wildman–Crippen MR) is 219 cm³/mol. The normalized spacial score (nSPS) is 12.3. The van der Waals surface area contributed by atoms with E-state index < -0.39 is 0 Å². The van der Waals surface area contributed by atoms with Gasteiger partial charge in [-0.25, -0.2) is 0 Å². The van der Waals surface area contributed by atoms with E-state index in [2.05, 4.69) is 179 Å². The largest absolute Gasteiger partial charge is 0.309 e. The Bertz CT molecular complexity index is 3270. The smallest absolute Gasteiger partial charge is 0.0620 e. The molecule has 8 aromatic carbocycles. The van der Waals surface area contributed by atoms with E-state index in [-0.39, 0.29) is 0 Å². The number of fused-ring (bicyclic) bond motifs is 12. The molecule has 3 heteroatoms. The highest BCUT2D eigenvalue weighted by atomic mass is 32.1. The first-order valence-electron chi connectivity index (χ1n) is 17.5. The van der Waals surface area contributed by atoms with Crippen LogP contribution in [0.1, 0.15) is 0 Å². The van der Waals surface area contributed by atoms with Gasteiger partial charge < -0.3 is 8.97 Å². The van der Waals surface area contributed by atoms with Crippen molar-refractivity contribution in [3.8, 4) is 27.9 Å². The maximum Gasteiger partial charge on any atom is 0.0620 e. The van der Waals surface area contributed by atoms with E-state index in [1.165, 1.54) is 102 Å². The van der Waals surface area contributed by atoms with Crippen molar-refractivity contribution in [2.24, 2.45) is 0 Å². The monoisotopic (exact) mass is 664 g/mol. The van der Waals surface area contributed by atoms with Gasteiger partial charge >= 0.3 is 0 Å². The molecular weight excluding hydrogens is 637 g/mol. The molecule has 236 valence electrons. The van der Waals surface area contributed by atoms with Crippen molar-refractivity contribution < 1.29 is 0 Å². The quantitative estimate of drug-likeness (QED) is 0.178. The molecule has 0 amide bonds. The van der Waals surface area contributed by atoms with Crippen molar-refractivity contribution >= 4 is 91.4 Å². The fourth-order valence-electron chi connectivity index (χ4n) is 8.76. The molecule has 0 saturated carbocycles. The van der Waals surface area contributed by atoms with Crippen molar-refractivity contribution in [2.45, 2.75) is 0 Å². The summed E-state index contributed by atoms with van der Waals surface area (Å²) in [5.41, 5.74) is 12.4. The van der Waals surface area contributed by atoms with Crippen LogP contribution in [0.4, 0.5) is 0 Å². The molecule has 0 saturated heterocycles. The minimum atomic E-state index is 1.16. The number of aromatic nitrogens is 2. The molecule has 0 atom stereocenters. The minimum absolute atomic E-state index is 1.16. The second-order valence-electron chi connectivity index (χ2n) is 13.7. The Hall–Kier alpha value is -6.42. The van der Waals surface area contributed by atoms with Crippen LogP contribution in [-0.4, -0.2) is 8.97 Å². The fourth-order valence-corrected chi connectivity index (χ4v) is 9.84. The van der Waals surface area contributed by atoms with Crippen LogP contribution in [0.25, 0.3) is 108 Å². The Morgan fingerprint density at radius 1 is 0.314 bits per heavy atom. The highest BCUT2D eigenvalue weighted by Crippen LogP contribution is 2.43. The SMILES string of the molecule is c1ccc2c(c1)sc1ccc(-c3ccc4c(c3)c3ccccc3n4-c3ccc(-c4cc5c6ccccc6n6c7ccccc7c(c4)c56)cc3)cc12. The molecule has 4 heterocycles. The molecule has 0 N–H and O–H groups in total. The molecule has 0 fully saturated rings. The number of benzene rings is 8. The summed E-state index contributed by atoms with van der Waals surface area (Å²) >= 11 is 1.87. The van der Waals surface area contributed by atoms with Gasteiger partial charge in [-0.15, -0.1) is 11.3 Å². The standard InChI is InChI=1S/C48H28N2S/c1-5-13-42-34(9-1)38-25-30(31-20-24-47-39(26-31)37-12-4-8-16-46(37)51-47)19-23-45(38)49(42)33-21-17-29(18-22-33)32-27-40-35-10-2-6-14-43(35)50-44-15-7-3-11-36(44)41(28-32)48(40)50/h1-28H. The van der Waals surface area contributed by atoms with Crippen molar-refractivity contribution in [1.29, 1.82) is 0 Å². The van der Waals surface area contributed by atoms with Crippen LogP contribution in [0.15, 0.2) is 170 Å². The third-order valence-corrected chi connectivity index (χ3v) is 12.2. The second kappa shape index (κ2) is 10.1. The number of nitrogens with zero attached hydrogens (tertiary/aromatic N) is 2. The summed E-state index contributed by atoms with van der Waals surface area (Å²) in [5, 5.41) is 10.4. The van der Waals surface area contributed by atoms with Crippen molar-refractivity contribution in [3.05, 3.63) is 170 Å². The summed E-state index contributed by atoms with van der Waals surface area (Å²) in [7, 11) is 0. The number of hydrogen-bond acceptors (Lipinski definition) is 1. The lowest BCUT2D eigenvalue weighted by Gasteiger charge is -2.10. The Balaban J connectivity index is 1.00. The first kappa shape index (κ1) is 27.4. The summed E-state index contributed by atoms with van der Waals surface area (Å²) in [6.45, 7) is 0. The van der Waals surface area contributed by atoms with Gasteiger partial charge in [-0.2, -0.15) is 0 Å². The maximum absolute atomic E-state index is 2.44. The molecule has 0 unspecified atom stereocenters. The first-order chi connectivity index (χ1) is 25.3. The van der Waals surface area contributed by atoms with E-state index in [0.29, 0.717) is 0 Å². The molecular formula is C48H28N2S. The van der Waals surface area contributed by atoms with E-state index in [1.807, 2.05) is 11.3 Å². The van der Waals surface area contributed by atoms with Gasteiger partial charge in [0.1, 0.15) is 0 Å². The molecule has 0 radical (unpaired) electrons. The summed E-state index contributed by atoms with van der Waals surface area (Å²) in [4.78, 5) is 0. The molecule has 0 aliphatic rings. The average Bonchev–Trinajstić information content (AvgIpc) is 3.93. The third kappa shape index (κ3) is 3.76. The molecule has 12 aromatic rings. The van der Waals surface area contributed by atoms with Crippen LogP contribution in [0.2, 0.25) is 0 Å². The number of rotatable bonds is 3. The van der Waals surface area contributed by atoms with Gasteiger partial charge in [0.25, 0.3) is 0 Å². The zero-order valence-electron chi connectivity index (χ0n) is 27.5. The predicted octanol–water partition coefficient (Wildman–Crippen LogP) is 13.6. The highest BCUT2D eigenvalue weighted by Gasteiger charge is 2.19. The number of thiophene rings is 1. The number of para-hydroxylation sites is 3. The molecule has 2 nitrogen and oxygen atoms in total. The van der Waals surface area contributed by atoms with E-state index in [9.17, 15) is 0 Å². The van der Waals surface area contributed by atoms with E-state index in [0.717, 1.165) is 5.69 Å². The molecule has 0 bridgehead atoms. The Morgan fingerprint density at radius 2 is 0.804 bits per heavy atom. The average molecular weight is 665 g/mol. The summed E-state index contributed by atoms with van der Waals surface area (Å²) in [6, 6.07) is 63.0. The van der Waals surface area contributed by atoms with Gasteiger partial charge in [0, 0.05) is 58.2 Å². The van der Waals surface area contributed by atoms with Gasteiger partial charge in [-0.05, 0) is 95.1 Å². The van der Waals surface area contributed by atoms with Gasteiger partial charge in [0.15, 0.2) is 0 Å². The zero-order chi connectivity index (χ0) is 33.2. The van der Waals surface area contributed by atoms with Crippen LogP contribution in [0.3, 0.4) is 0 Å². The lowest BCUT2D eigenvalue weighted by atomic mass is 9.99. The van der Waals surface area contributed by atoms with Crippen molar-refractivity contribution in [3.63, 3.8) is 0 Å². The van der Waals surface area contributed by atoms with Crippen LogP contribution in [0.5, 0.6) is 0 Å². The van der Waals surface area contributed by atoms with Gasteiger partial charge in [0.05, 0.1) is 27.6 Å². The lowest BCUT2D eigenvalue weighted by molar-refractivity contribution is 1.18. The van der Waals surface area contributed by atoms with Gasteiger partial charge in [-0.3, -0.25) is 0 Å². The third-order valence-electron chi connectivity index (χ3n) is 11.0. The molecule has 51 heavy (non-hydrogen) atoms. The van der Waals surface area contributed by atoms with Crippen LogP contribution < -0.4 is 0 Å². The Morgan fingerprint density at radius 3 is 1.51 bits per heavy atom. The molecule has 0 aliphatic carbocycles.